The summed E-state index contributed by atoms with van der Waals surface area (Å²) in [5.74, 6) is -2.65. The minimum Gasteiger partial charge on any atom is -0.458 e. The van der Waals surface area contributed by atoms with Crippen molar-refractivity contribution in [2.24, 2.45) is 11.8 Å². The monoisotopic (exact) mass is 866 g/mol. The molecular formula is C45H70O16. The van der Waals surface area contributed by atoms with E-state index in [0.29, 0.717) is 44.9 Å². The Morgan fingerprint density at radius 1 is 0.738 bits per heavy atom. The van der Waals surface area contributed by atoms with Crippen molar-refractivity contribution in [2.45, 2.75) is 216 Å². The molecule has 16 nitrogen and oxygen atoms in total. The van der Waals surface area contributed by atoms with Crippen LogP contribution < -0.4 is 0 Å². The third-order valence-corrected chi connectivity index (χ3v) is 12.5. The highest BCUT2D eigenvalue weighted by Gasteiger charge is 2.63. The third-order valence-electron chi connectivity index (χ3n) is 12.5. The lowest BCUT2D eigenvalue weighted by Gasteiger charge is -2.46. The molecular weight excluding hydrogens is 796 g/mol. The predicted octanol–water partition coefficient (Wildman–Crippen LogP) is 4.31. The lowest BCUT2D eigenvalue weighted by Crippen LogP contribution is -2.61. The van der Waals surface area contributed by atoms with Crippen LogP contribution in [0.15, 0.2) is 24.3 Å². The summed E-state index contributed by atoms with van der Waals surface area (Å²) >= 11 is 0. The molecule has 0 aromatic heterocycles. The fourth-order valence-corrected chi connectivity index (χ4v) is 9.20. The fourth-order valence-electron chi connectivity index (χ4n) is 9.20. The Balaban J connectivity index is 1.46. The molecule has 0 amide bonds. The molecule has 0 spiro atoms. The molecule has 0 aromatic rings. The van der Waals surface area contributed by atoms with Gasteiger partial charge in [-0.3, -0.25) is 14.4 Å². The summed E-state index contributed by atoms with van der Waals surface area (Å²) < 4.78 is 54.9. The zero-order valence-electron chi connectivity index (χ0n) is 36.9. The maximum atomic E-state index is 13.7. The summed E-state index contributed by atoms with van der Waals surface area (Å²) in [6.07, 6.45) is -1.58. The molecule has 5 rings (SSSR count). The number of carbonyl (C=O) groups excluding carboxylic acids is 4. The lowest BCUT2D eigenvalue weighted by atomic mass is 9.83. The SMILES string of the molecule is CCCC(=O)O[C@H]1[C@@H](OC)[C@H](O[C@@H]2C[C@@H]3C[C@H](OC(=O)CCC)[C@]4(O)C(=O)O[C@@H](C[C@H](O)[C@@H]5C[C@H](C)[C@H](C/C=C\C=C\[C@H](C)C[C@H](C2)O3)O5)[C@H]4O)O[C@@H](C)[C@H]1OC(=O)CCC. The fraction of sp³-hybridized carbons (Fsp3) is 0.822. The Morgan fingerprint density at radius 3 is 2.00 bits per heavy atom. The number of allylic oxidation sites excluding steroid dienone is 3. The minimum absolute atomic E-state index is 0.00915. The van der Waals surface area contributed by atoms with E-state index in [1.54, 1.807) is 13.8 Å². The van der Waals surface area contributed by atoms with Gasteiger partial charge in [0.15, 0.2) is 18.5 Å². The van der Waals surface area contributed by atoms with E-state index < -0.39 is 109 Å². The summed E-state index contributed by atoms with van der Waals surface area (Å²) in [4.78, 5) is 52.4. The van der Waals surface area contributed by atoms with E-state index in [-0.39, 0.29) is 56.5 Å². The largest absolute Gasteiger partial charge is 0.458 e. The maximum Gasteiger partial charge on any atom is 0.345 e. The van der Waals surface area contributed by atoms with Crippen LogP contribution in [0.5, 0.6) is 0 Å². The maximum absolute atomic E-state index is 13.7. The Labute approximate surface area is 359 Å². The van der Waals surface area contributed by atoms with Crippen LogP contribution in [0.2, 0.25) is 0 Å². The number of esters is 4. The number of hydrogen-bond donors (Lipinski definition) is 3. The summed E-state index contributed by atoms with van der Waals surface area (Å²) in [6.45, 7) is 11.3. The Kier molecular flexibility index (Phi) is 18.2. The van der Waals surface area contributed by atoms with Crippen molar-refractivity contribution in [1.29, 1.82) is 0 Å². The molecule has 0 unspecified atom stereocenters. The van der Waals surface area contributed by atoms with Gasteiger partial charge in [-0.05, 0) is 57.3 Å². The second-order valence-electron chi connectivity index (χ2n) is 17.6. The van der Waals surface area contributed by atoms with Gasteiger partial charge in [0, 0.05) is 52.1 Å². The number of aliphatic hydroxyl groups is 3. The first-order valence-electron chi connectivity index (χ1n) is 22.5. The number of rotatable bonds is 12. The molecule has 0 aromatic carbocycles. The highest BCUT2D eigenvalue weighted by molar-refractivity contribution is 5.84. The second-order valence-corrected chi connectivity index (χ2v) is 17.6. The van der Waals surface area contributed by atoms with Gasteiger partial charge in [-0.15, -0.1) is 0 Å². The summed E-state index contributed by atoms with van der Waals surface area (Å²) in [7, 11) is 1.43. The van der Waals surface area contributed by atoms with Gasteiger partial charge in [-0.2, -0.15) is 0 Å². The van der Waals surface area contributed by atoms with Crippen molar-refractivity contribution in [1.82, 2.24) is 0 Å². The molecule has 5 heterocycles. The standard InChI is InChI=1S/C45H70O16/c1-8-14-36(47)59-35-23-30-22-29(56-43-41(53-7)40(61-38(49)16-10-3)39(27(6)54-43)60-37(48)15-9-2)21-28(55-30)19-25(4)17-12-11-13-18-32-26(5)20-33(57-32)31(46)24-34-42(50)45(35,52)44(51)58-34/h11-13,17,25-35,39-43,46,50,52H,8-10,14-16,18-24H2,1-7H3/b13-11-,17-12+/t25-,26-,27-,28+,29-,30+,31-,32-,33-,34-,35-,39+,40+,41+,42+,43-,45+/m0/s1. The van der Waals surface area contributed by atoms with E-state index in [0.717, 1.165) is 0 Å². The summed E-state index contributed by atoms with van der Waals surface area (Å²) in [5.41, 5.74) is -2.68. The first-order valence-corrected chi connectivity index (χ1v) is 22.5. The average Bonchev–Trinajstić information content (AvgIpc) is 3.67. The Bertz CT molecular complexity index is 1520. The number of hydrogen-bond acceptors (Lipinski definition) is 16. The van der Waals surface area contributed by atoms with Crippen molar-refractivity contribution in [3.63, 3.8) is 0 Å². The first-order chi connectivity index (χ1) is 29.1. The molecule has 0 radical (unpaired) electrons. The van der Waals surface area contributed by atoms with Gasteiger partial charge >= 0.3 is 23.9 Å². The van der Waals surface area contributed by atoms with E-state index in [1.165, 1.54) is 7.11 Å². The molecule has 3 N–H and O–H groups in total. The van der Waals surface area contributed by atoms with E-state index in [1.807, 2.05) is 39.0 Å². The van der Waals surface area contributed by atoms with Crippen LogP contribution in [-0.4, -0.2) is 138 Å². The molecule has 0 aliphatic carbocycles. The third kappa shape index (κ3) is 12.4. The molecule has 61 heavy (non-hydrogen) atoms. The topological polar surface area (TPSA) is 212 Å². The molecule has 5 aliphatic heterocycles. The van der Waals surface area contributed by atoms with Crippen LogP contribution in [0.25, 0.3) is 0 Å². The van der Waals surface area contributed by atoms with Crippen LogP contribution in [0.4, 0.5) is 0 Å². The highest BCUT2D eigenvalue weighted by Crippen LogP contribution is 2.40. The van der Waals surface area contributed by atoms with Crippen LogP contribution in [0, 0.1) is 11.8 Å². The van der Waals surface area contributed by atoms with Gasteiger partial charge in [0.2, 0.25) is 5.60 Å². The van der Waals surface area contributed by atoms with Crippen molar-refractivity contribution in [3.05, 3.63) is 24.3 Å². The molecule has 4 fully saturated rings. The van der Waals surface area contributed by atoms with Gasteiger partial charge in [-0.1, -0.05) is 58.9 Å². The molecule has 16 heteroatoms. The Morgan fingerprint density at radius 2 is 1.36 bits per heavy atom. The second kappa shape index (κ2) is 22.6. The van der Waals surface area contributed by atoms with Gasteiger partial charge in [0.25, 0.3) is 0 Å². The summed E-state index contributed by atoms with van der Waals surface area (Å²) in [6, 6.07) is 0. The molecule has 17 atom stereocenters. The quantitative estimate of drug-likeness (QED) is 0.184. The first kappa shape index (κ1) is 49.1. The Hall–Kier alpha value is -2.96. The number of ether oxygens (including phenoxy) is 9. The number of carbonyl (C=O) groups is 4. The predicted molar refractivity (Wildman–Crippen MR) is 217 cm³/mol. The van der Waals surface area contributed by atoms with Crippen LogP contribution >= 0.6 is 0 Å². The average molecular weight is 867 g/mol. The van der Waals surface area contributed by atoms with Crippen LogP contribution in [-0.2, 0) is 61.8 Å². The smallest absolute Gasteiger partial charge is 0.345 e. The van der Waals surface area contributed by atoms with E-state index in [2.05, 4.69) is 13.0 Å². The summed E-state index contributed by atoms with van der Waals surface area (Å²) in [5, 5.41) is 35.1. The minimum atomic E-state index is -2.68. The van der Waals surface area contributed by atoms with E-state index in [9.17, 15) is 34.5 Å². The van der Waals surface area contributed by atoms with Crippen molar-refractivity contribution in [2.75, 3.05) is 7.11 Å². The normalized spacial score (nSPS) is 41.8. The highest BCUT2D eigenvalue weighted by atomic mass is 16.7. The van der Waals surface area contributed by atoms with Gasteiger partial charge in [0.05, 0.1) is 42.7 Å². The van der Waals surface area contributed by atoms with Crippen LogP contribution in [0.3, 0.4) is 0 Å². The molecule has 0 saturated carbocycles. The zero-order chi connectivity index (χ0) is 44.4. The lowest BCUT2D eigenvalue weighted by molar-refractivity contribution is -0.319. The number of methoxy groups -OCH3 is 1. The van der Waals surface area contributed by atoms with E-state index >= 15 is 0 Å². The molecule has 4 saturated heterocycles. The molecule has 6 bridgehead atoms. The number of aliphatic hydroxyl groups excluding tert-OH is 2. The molecule has 5 aliphatic rings. The van der Waals surface area contributed by atoms with Gasteiger partial charge < -0.3 is 58.0 Å². The zero-order valence-corrected chi connectivity index (χ0v) is 36.9. The van der Waals surface area contributed by atoms with E-state index in [4.69, 9.17) is 42.6 Å². The van der Waals surface area contributed by atoms with Crippen molar-refractivity contribution in [3.8, 4) is 0 Å². The van der Waals surface area contributed by atoms with Gasteiger partial charge in [0.1, 0.15) is 24.4 Å². The van der Waals surface area contributed by atoms with Crippen LogP contribution in [0.1, 0.15) is 125 Å². The molecule has 346 valence electrons. The van der Waals surface area contributed by atoms with Crippen molar-refractivity contribution >= 4 is 23.9 Å². The number of fused-ring (bicyclic) bond motifs is 6. The van der Waals surface area contributed by atoms with Crippen molar-refractivity contribution < 1.29 is 77.1 Å². The van der Waals surface area contributed by atoms with Gasteiger partial charge in [-0.25, -0.2) is 4.79 Å².